The summed E-state index contributed by atoms with van der Waals surface area (Å²) in [5.41, 5.74) is 6.11. The highest BCUT2D eigenvalue weighted by atomic mass is 16.1. The molecule has 1 atom stereocenters. The number of rotatable bonds is 4. The lowest BCUT2D eigenvalue weighted by atomic mass is 10.00. The molecule has 8 nitrogen and oxygen atoms in total. The highest BCUT2D eigenvalue weighted by molar-refractivity contribution is 5.79. The molecule has 1 saturated heterocycles. The first kappa shape index (κ1) is 24.2. The standard InChI is InChI=1S/C28H35N7O/c1-18-10-11-21-17-22(27(36)29-23(21)16-18)25(26-30-31-32-35(26)28(4,5)6)34-14-12-33(13-15-34)24-9-7-8-19(2)20(24)3/h7-11,16-17,25H,12-15H2,1-6H3,(H,29,36). The second-order valence-corrected chi connectivity index (χ2v) is 10.9. The Bertz CT molecular complexity index is 1460. The number of nitrogens with zero attached hydrogens (tertiary/aromatic N) is 6. The van der Waals surface area contributed by atoms with Crippen molar-refractivity contribution < 1.29 is 0 Å². The Balaban J connectivity index is 1.56. The van der Waals surface area contributed by atoms with E-state index in [0.717, 1.165) is 42.6 Å². The fraction of sp³-hybridized carbons (Fsp3) is 0.429. The third-order valence-corrected chi connectivity index (χ3v) is 7.29. The van der Waals surface area contributed by atoms with Crippen LogP contribution >= 0.6 is 0 Å². The Kier molecular flexibility index (Phi) is 6.16. The lowest BCUT2D eigenvalue weighted by Gasteiger charge is -2.40. The lowest BCUT2D eigenvalue weighted by Crippen LogP contribution is -2.49. The van der Waals surface area contributed by atoms with Crippen molar-refractivity contribution in [3.8, 4) is 0 Å². The fourth-order valence-corrected chi connectivity index (χ4v) is 5.18. The van der Waals surface area contributed by atoms with Crippen molar-refractivity contribution >= 4 is 16.6 Å². The molecule has 36 heavy (non-hydrogen) atoms. The van der Waals surface area contributed by atoms with Gasteiger partial charge < -0.3 is 9.88 Å². The van der Waals surface area contributed by atoms with E-state index < -0.39 is 0 Å². The summed E-state index contributed by atoms with van der Waals surface area (Å²) in [6.07, 6.45) is 0. The molecule has 0 spiro atoms. The number of tetrazole rings is 1. The third kappa shape index (κ3) is 4.41. The smallest absolute Gasteiger partial charge is 0.253 e. The molecule has 1 aliphatic rings. The fourth-order valence-electron chi connectivity index (χ4n) is 5.18. The molecule has 0 bridgehead atoms. The minimum atomic E-state index is -0.352. The van der Waals surface area contributed by atoms with E-state index in [-0.39, 0.29) is 17.1 Å². The average molecular weight is 486 g/mol. The predicted molar refractivity (Wildman–Crippen MR) is 144 cm³/mol. The van der Waals surface area contributed by atoms with Crippen LogP contribution in [0.5, 0.6) is 0 Å². The van der Waals surface area contributed by atoms with Crippen LogP contribution in [0.2, 0.25) is 0 Å². The van der Waals surface area contributed by atoms with E-state index in [4.69, 9.17) is 0 Å². The third-order valence-electron chi connectivity index (χ3n) is 7.29. The van der Waals surface area contributed by atoms with E-state index in [1.807, 2.05) is 23.7 Å². The Hall–Kier alpha value is -3.52. The van der Waals surface area contributed by atoms with Gasteiger partial charge in [-0.25, -0.2) is 4.68 Å². The van der Waals surface area contributed by atoms with Crippen LogP contribution in [0.3, 0.4) is 0 Å². The van der Waals surface area contributed by atoms with Crippen LogP contribution in [-0.4, -0.2) is 56.3 Å². The van der Waals surface area contributed by atoms with E-state index in [9.17, 15) is 4.79 Å². The summed E-state index contributed by atoms with van der Waals surface area (Å²) in [5, 5.41) is 13.8. The molecule has 0 saturated carbocycles. The molecule has 1 aliphatic heterocycles. The van der Waals surface area contributed by atoms with Gasteiger partial charge in [0.1, 0.15) is 6.04 Å². The maximum Gasteiger partial charge on any atom is 0.253 e. The van der Waals surface area contributed by atoms with E-state index >= 15 is 0 Å². The maximum absolute atomic E-state index is 13.5. The number of hydrogen-bond acceptors (Lipinski definition) is 6. The molecule has 4 aromatic rings. The number of aryl methyl sites for hydroxylation is 2. The van der Waals surface area contributed by atoms with Gasteiger partial charge in [-0.2, -0.15) is 0 Å². The number of fused-ring (bicyclic) bond motifs is 1. The predicted octanol–water partition coefficient (Wildman–Crippen LogP) is 4.11. The average Bonchev–Trinajstić information content (AvgIpc) is 3.32. The molecule has 0 amide bonds. The number of aromatic nitrogens is 5. The van der Waals surface area contributed by atoms with Crippen LogP contribution in [0, 0.1) is 20.8 Å². The number of aromatic amines is 1. The molecule has 1 unspecified atom stereocenters. The quantitative estimate of drug-likeness (QED) is 0.469. The molecule has 8 heteroatoms. The van der Waals surface area contributed by atoms with Gasteiger partial charge >= 0.3 is 0 Å². The van der Waals surface area contributed by atoms with Gasteiger partial charge in [0.15, 0.2) is 5.82 Å². The molecule has 0 radical (unpaired) electrons. The Labute approximate surface area is 211 Å². The molecule has 5 rings (SSSR count). The summed E-state index contributed by atoms with van der Waals surface area (Å²) < 4.78 is 1.85. The van der Waals surface area contributed by atoms with Crippen LogP contribution in [0.25, 0.3) is 10.9 Å². The summed E-state index contributed by atoms with van der Waals surface area (Å²) in [5.74, 6) is 0.694. The zero-order chi connectivity index (χ0) is 25.6. The molecule has 2 aromatic carbocycles. The molecule has 188 valence electrons. The second kappa shape index (κ2) is 9.17. The molecule has 1 fully saturated rings. The summed E-state index contributed by atoms with van der Waals surface area (Å²) in [6, 6.07) is 14.3. The van der Waals surface area contributed by atoms with Crippen molar-refractivity contribution in [2.75, 3.05) is 31.1 Å². The zero-order valence-electron chi connectivity index (χ0n) is 22.0. The summed E-state index contributed by atoms with van der Waals surface area (Å²) >= 11 is 0. The van der Waals surface area contributed by atoms with Crippen LogP contribution in [-0.2, 0) is 5.54 Å². The van der Waals surface area contributed by atoms with Gasteiger partial charge in [-0.05, 0) is 92.2 Å². The van der Waals surface area contributed by atoms with Crippen molar-refractivity contribution in [3.63, 3.8) is 0 Å². The number of anilines is 1. The minimum absolute atomic E-state index is 0.0986. The number of benzene rings is 2. The monoisotopic (exact) mass is 485 g/mol. The van der Waals surface area contributed by atoms with Gasteiger partial charge in [0, 0.05) is 42.9 Å². The molecule has 3 heterocycles. The summed E-state index contributed by atoms with van der Waals surface area (Å²) in [6.45, 7) is 15.9. The van der Waals surface area contributed by atoms with Gasteiger partial charge in [0.05, 0.1) is 5.54 Å². The highest BCUT2D eigenvalue weighted by Crippen LogP contribution is 2.32. The molecule has 2 aromatic heterocycles. The number of H-pyrrole nitrogens is 1. The lowest BCUT2D eigenvalue weighted by molar-refractivity contribution is 0.190. The van der Waals surface area contributed by atoms with Gasteiger partial charge in [-0.15, -0.1) is 5.10 Å². The number of hydrogen-bond donors (Lipinski definition) is 1. The van der Waals surface area contributed by atoms with Crippen LogP contribution in [0.4, 0.5) is 5.69 Å². The van der Waals surface area contributed by atoms with Crippen molar-refractivity contribution in [3.05, 3.63) is 80.9 Å². The zero-order valence-corrected chi connectivity index (χ0v) is 22.0. The molecule has 1 N–H and O–H groups in total. The van der Waals surface area contributed by atoms with Gasteiger partial charge in [-0.1, -0.05) is 24.3 Å². The van der Waals surface area contributed by atoms with Crippen LogP contribution in [0.1, 0.15) is 54.9 Å². The van der Waals surface area contributed by atoms with Gasteiger partial charge in [0.2, 0.25) is 0 Å². The highest BCUT2D eigenvalue weighted by Gasteiger charge is 2.35. The SMILES string of the molecule is Cc1ccc2cc(C(c3nnnn3C(C)(C)C)N3CCN(c4cccc(C)c4C)CC3)c(=O)[nH]c2c1. The largest absolute Gasteiger partial charge is 0.369 e. The van der Waals surface area contributed by atoms with E-state index in [0.29, 0.717) is 11.4 Å². The first-order chi connectivity index (χ1) is 17.1. The van der Waals surface area contributed by atoms with E-state index in [1.165, 1.54) is 16.8 Å². The number of nitrogens with one attached hydrogen (secondary N) is 1. The van der Waals surface area contributed by atoms with Crippen LogP contribution < -0.4 is 10.5 Å². The topological polar surface area (TPSA) is 82.9 Å². The van der Waals surface area contributed by atoms with Crippen molar-refractivity contribution in [1.29, 1.82) is 0 Å². The normalized spacial score (nSPS) is 16.0. The molecule has 0 aliphatic carbocycles. The second-order valence-electron chi connectivity index (χ2n) is 10.9. The number of piperazine rings is 1. The first-order valence-corrected chi connectivity index (χ1v) is 12.6. The van der Waals surface area contributed by atoms with E-state index in [1.54, 1.807) is 0 Å². The van der Waals surface area contributed by atoms with Gasteiger partial charge in [-0.3, -0.25) is 9.69 Å². The summed E-state index contributed by atoms with van der Waals surface area (Å²) in [4.78, 5) is 21.4. The molecular weight excluding hydrogens is 450 g/mol. The Morgan fingerprint density at radius 2 is 1.72 bits per heavy atom. The van der Waals surface area contributed by atoms with Crippen molar-refractivity contribution in [2.24, 2.45) is 0 Å². The first-order valence-electron chi connectivity index (χ1n) is 12.6. The van der Waals surface area contributed by atoms with Crippen molar-refractivity contribution in [2.45, 2.75) is 53.1 Å². The number of pyridine rings is 1. The van der Waals surface area contributed by atoms with Gasteiger partial charge in [0.25, 0.3) is 5.56 Å². The van der Waals surface area contributed by atoms with Crippen molar-refractivity contribution in [1.82, 2.24) is 30.1 Å². The summed E-state index contributed by atoms with van der Waals surface area (Å²) in [7, 11) is 0. The minimum Gasteiger partial charge on any atom is -0.369 e. The Morgan fingerprint density at radius 3 is 2.44 bits per heavy atom. The molecular formula is C28H35N7O. The maximum atomic E-state index is 13.5. The Morgan fingerprint density at radius 1 is 0.972 bits per heavy atom. The van der Waals surface area contributed by atoms with E-state index in [2.05, 4.69) is 95.3 Å². The van der Waals surface area contributed by atoms with Crippen LogP contribution in [0.15, 0.2) is 47.3 Å².